The Balaban J connectivity index is 1.77. The van der Waals surface area contributed by atoms with Crippen LogP contribution < -0.4 is 0 Å². The first-order chi connectivity index (χ1) is 9.40. The van der Waals surface area contributed by atoms with Gasteiger partial charge in [0, 0.05) is 12.5 Å². The third-order valence-corrected chi connectivity index (χ3v) is 3.41. The number of hydrogen-bond donors (Lipinski definition) is 1. The van der Waals surface area contributed by atoms with E-state index in [1.165, 1.54) is 0 Å². The van der Waals surface area contributed by atoms with Crippen LogP contribution in [0.3, 0.4) is 0 Å². The van der Waals surface area contributed by atoms with Crippen molar-refractivity contribution >= 4 is 11.0 Å². The molecule has 4 rings (SSSR count). The second-order valence-electron chi connectivity index (χ2n) is 4.64. The van der Waals surface area contributed by atoms with Crippen LogP contribution in [0.2, 0.25) is 0 Å². The number of imidazole rings is 1. The van der Waals surface area contributed by atoms with Crippen LogP contribution in [0.1, 0.15) is 18.2 Å². The number of nitrogens with zero attached hydrogens (tertiary/aromatic N) is 5. The molecule has 0 aliphatic carbocycles. The Morgan fingerprint density at radius 2 is 2.37 bits per heavy atom. The first-order valence-corrected chi connectivity index (χ1v) is 6.21. The van der Waals surface area contributed by atoms with E-state index in [2.05, 4.69) is 25.5 Å². The van der Waals surface area contributed by atoms with Gasteiger partial charge in [0.05, 0.1) is 23.3 Å². The molecule has 0 radical (unpaired) electrons. The van der Waals surface area contributed by atoms with Gasteiger partial charge in [0.2, 0.25) is 0 Å². The van der Waals surface area contributed by atoms with Gasteiger partial charge in [-0.1, -0.05) is 0 Å². The van der Waals surface area contributed by atoms with Crippen molar-refractivity contribution in [2.75, 3.05) is 13.2 Å². The van der Waals surface area contributed by atoms with Gasteiger partial charge in [-0.2, -0.15) is 0 Å². The number of tetrazole rings is 1. The molecule has 1 saturated heterocycles. The molecule has 0 bridgehead atoms. The highest BCUT2D eigenvalue weighted by atomic mass is 16.5. The van der Waals surface area contributed by atoms with E-state index in [-0.39, 0.29) is 0 Å². The molecule has 19 heavy (non-hydrogen) atoms. The van der Waals surface area contributed by atoms with Gasteiger partial charge in [-0.3, -0.25) is 0 Å². The molecule has 7 nitrogen and oxygen atoms in total. The second kappa shape index (κ2) is 4.13. The van der Waals surface area contributed by atoms with Gasteiger partial charge in [-0.15, -0.1) is 5.10 Å². The van der Waals surface area contributed by atoms with E-state index >= 15 is 0 Å². The molecule has 1 atom stereocenters. The van der Waals surface area contributed by atoms with E-state index < -0.39 is 0 Å². The van der Waals surface area contributed by atoms with Gasteiger partial charge in [0.25, 0.3) is 0 Å². The van der Waals surface area contributed by atoms with E-state index in [0.29, 0.717) is 5.92 Å². The molecule has 1 N–H and O–H groups in total. The van der Waals surface area contributed by atoms with Gasteiger partial charge in [0.1, 0.15) is 12.2 Å². The molecule has 1 aliphatic rings. The van der Waals surface area contributed by atoms with Crippen molar-refractivity contribution in [3.8, 4) is 5.69 Å². The summed E-state index contributed by atoms with van der Waals surface area (Å²) >= 11 is 0. The lowest BCUT2D eigenvalue weighted by molar-refractivity contribution is 0.193. The summed E-state index contributed by atoms with van der Waals surface area (Å²) < 4.78 is 7.02. The van der Waals surface area contributed by atoms with Crippen molar-refractivity contribution in [1.82, 2.24) is 30.2 Å². The standard InChI is InChI=1S/C12H12N6O/c1-2-10-11(5-9(1)18-7-13-16-17-18)15-12(14-10)8-3-4-19-6-8/h1-2,5,7-8H,3-4,6H2,(H,14,15)/t8-/m0/s1. The molecule has 1 aliphatic heterocycles. The summed E-state index contributed by atoms with van der Waals surface area (Å²) in [5.41, 5.74) is 2.86. The number of hydrogen-bond acceptors (Lipinski definition) is 5. The summed E-state index contributed by atoms with van der Waals surface area (Å²) in [6.07, 6.45) is 2.60. The Kier molecular flexibility index (Phi) is 2.31. The molecule has 0 saturated carbocycles. The van der Waals surface area contributed by atoms with Gasteiger partial charge in [-0.05, 0) is 35.0 Å². The SMILES string of the molecule is c1cc2nc([C@H]3CCOC3)[nH]c2cc1-n1cnnn1. The molecule has 1 aromatic carbocycles. The molecule has 3 aromatic rings. The zero-order chi connectivity index (χ0) is 12.7. The van der Waals surface area contributed by atoms with Crippen LogP contribution in [0.5, 0.6) is 0 Å². The zero-order valence-electron chi connectivity index (χ0n) is 10.2. The maximum atomic E-state index is 5.40. The third kappa shape index (κ3) is 1.78. The predicted octanol–water partition coefficient (Wildman–Crippen LogP) is 1.04. The van der Waals surface area contributed by atoms with Crippen molar-refractivity contribution in [2.45, 2.75) is 12.3 Å². The van der Waals surface area contributed by atoms with Crippen LogP contribution in [0.25, 0.3) is 16.7 Å². The first-order valence-electron chi connectivity index (χ1n) is 6.21. The smallest absolute Gasteiger partial charge is 0.143 e. The van der Waals surface area contributed by atoms with Crippen LogP contribution in [-0.4, -0.2) is 43.4 Å². The Morgan fingerprint density at radius 3 is 3.16 bits per heavy atom. The Labute approximate surface area is 108 Å². The summed E-state index contributed by atoms with van der Waals surface area (Å²) in [5, 5.41) is 11.2. The molecule has 3 heterocycles. The van der Waals surface area contributed by atoms with Gasteiger partial charge < -0.3 is 9.72 Å². The molecule has 0 amide bonds. The topological polar surface area (TPSA) is 81.5 Å². The highest BCUT2D eigenvalue weighted by Gasteiger charge is 2.21. The largest absolute Gasteiger partial charge is 0.381 e. The molecular weight excluding hydrogens is 244 g/mol. The first kappa shape index (κ1) is 10.6. The highest BCUT2D eigenvalue weighted by Crippen LogP contribution is 2.25. The lowest BCUT2D eigenvalue weighted by atomic mass is 10.1. The molecule has 0 unspecified atom stereocenters. The van der Waals surface area contributed by atoms with Crippen molar-refractivity contribution in [1.29, 1.82) is 0 Å². The average molecular weight is 256 g/mol. The van der Waals surface area contributed by atoms with Crippen LogP contribution in [0, 0.1) is 0 Å². The monoisotopic (exact) mass is 256 g/mol. The summed E-state index contributed by atoms with van der Waals surface area (Å²) in [4.78, 5) is 7.99. The van der Waals surface area contributed by atoms with E-state index in [1.807, 2.05) is 18.2 Å². The van der Waals surface area contributed by atoms with Crippen LogP contribution >= 0.6 is 0 Å². The van der Waals surface area contributed by atoms with E-state index in [1.54, 1.807) is 11.0 Å². The maximum absolute atomic E-state index is 5.40. The molecule has 1 fully saturated rings. The quantitative estimate of drug-likeness (QED) is 0.741. The highest BCUT2D eigenvalue weighted by molar-refractivity contribution is 5.77. The fourth-order valence-corrected chi connectivity index (χ4v) is 2.38. The average Bonchev–Trinajstić information content (AvgIpc) is 3.18. The molecular formula is C12H12N6O. The summed E-state index contributed by atoms with van der Waals surface area (Å²) in [7, 11) is 0. The number of H-pyrrole nitrogens is 1. The van der Waals surface area contributed by atoms with Crippen LogP contribution in [0.15, 0.2) is 24.5 Å². The number of rotatable bonds is 2. The van der Waals surface area contributed by atoms with E-state index in [4.69, 9.17) is 4.74 Å². The number of fused-ring (bicyclic) bond motifs is 1. The van der Waals surface area contributed by atoms with Crippen molar-refractivity contribution in [2.24, 2.45) is 0 Å². The lowest BCUT2D eigenvalue weighted by Gasteiger charge is -2.00. The number of aromatic nitrogens is 6. The lowest BCUT2D eigenvalue weighted by Crippen LogP contribution is -1.99. The Bertz CT molecular complexity index is 698. The summed E-state index contributed by atoms with van der Waals surface area (Å²) in [6.45, 7) is 1.57. The fraction of sp³-hybridized carbons (Fsp3) is 0.333. The van der Waals surface area contributed by atoms with Gasteiger partial charge >= 0.3 is 0 Å². The Morgan fingerprint density at radius 1 is 1.37 bits per heavy atom. The number of nitrogens with one attached hydrogen (secondary N) is 1. The second-order valence-corrected chi connectivity index (χ2v) is 4.64. The van der Waals surface area contributed by atoms with E-state index in [9.17, 15) is 0 Å². The minimum Gasteiger partial charge on any atom is -0.381 e. The fourth-order valence-electron chi connectivity index (χ4n) is 2.38. The van der Waals surface area contributed by atoms with Gasteiger partial charge in [0.15, 0.2) is 0 Å². The van der Waals surface area contributed by atoms with Crippen LogP contribution in [0.4, 0.5) is 0 Å². The molecule has 7 heteroatoms. The molecule has 0 spiro atoms. The van der Waals surface area contributed by atoms with Crippen molar-refractivity contribution < 1.29 is 4.74 Å². The summed E-state index contributed by atoms with van der Waals surface area (Å²) in [5.74, 6) is 1.38. The normalized spacial score (nSPS) is 19.3. The van der Waals surface area contributed by atoms with Crippen molar-refractivity contribution in [3.05, 3.63) is 30.4 Å². The minimum absolute atomic E-state index is 0.379. The third-order valence-electron chi connectivity index (χ3n) is 3.41. The van der Waals surface area contributed by atoms with Crippen LogP contribution in [-0.2, 0) is 4.74 Å². The summed E-state index contributed by atoms with van der Waals surface area (Å²) in [6, 6.07) is 5.93. The van der Waals surface area contributed by atoms with Crippen molar-refractivity contribution in [3.63, 3.8) is 0 Å². The number of aromatic amines is 1. The molecule has 2 aromatic heterocycles. The predicted molar refractivity (Wildman–Crippen MR) is 67.0 cm³/mol. The minimum atomic E-state index is 0.379. The maximum Gasteiger partial charge on any atom is 0.143 e. The Hall–Kier alpha value is -2.28. The number of ether oxygens (including phenoxy) is 1. The van der Waals surface area contributed by atoms with Gasteiger partial charge in [-0.25, -0.2) is 9.67 Å². The molecule has 96 valence electrons. The van der Waals surface area contributed by atoms with E-state index in [0.717, 1.165) is 42.2 Å². The zero-order valence-corrected chi connectivity index (χ0v) is 10.2. The number of benzene rings is 1.